The molecular weight excluding hydrogens is 358 g/mol. The van der Waals surface area contributed by atoms with Crippen LogP contribution in [0.1, 0.15) is 15.9 Å². The first-order valence-corrected chi connectivity index (χ1v) is 8.36. The van der Waals surface area contributed by atoms with Gasteiger partial charge in [-0.3, -0.25) is 14.9 Å². The molecule has 0 unspecified atom stereocenters. The standard InChI is InChI=1S/C15H12F2N2O5S/c1-9-12(3-2-4-13(9)19(21)22)18-14(20)10-5-7-11(8-6-10)25(23,24)15(16)17/h2-8,15H,1H3,(H,18,20). The molecule has 0 heterocycles. The predicted molar refractivity (Wildman–Crippen MR) is 85.4 cm³/mol. The van der Waals surface area contributed by atoms with E-state index in [0.29, 0.717) is 0 Å². The molecule has 0 radical (unpaired) electrons. The highest BCUT2D eigenvalue weighted by Crippen LogP contribution is 2.25. The molecule has 0 saturated heterocycles. The van der Waals surface area contributed by atoms with Gasteiger partial charge in [-0.25, -0.2) is 8.42 Å². The first-order valence-electron chi connectivity index (χ1n) is 6.82. The number of nitro benzene ring substituents is 1. The van der Waals surface area contributed by atoms with E-state index >= 15 is 0 Å². The van der Waals surface area contributed by atoms with Crippen LogP contribution in [0, 0.1) is 17.0 Å². The number of nitro groups is 1. The van der Waals surface area contributed by atoms with Crippen molar-refractivity contribution in [2.24, 2.45) is 0 Å². The SMILES string of the molecule is Cc1c(NC(=O)c2ccc(S(=O)(=O)C(F)F)cc2)cccc1[N+](=O)[O-]. The molecule has 25 heavy (non-hydrogen) atoms. The summed E-state index contributed by atoms with van der Waals surface area (Å²) in [5.41, 5.74) is 0.302. The smallest absolute Gasteiger partial charge is 0.321 e. The molecule has 7 nitrogen and oxygen atoms in total. The van der Waals surface area contributed by atoms with E-state index in [9.17, 15) is 32.1 Å². The van der Waals surface area contributed by atoms with Gasteiger partial charge in [0.15, 0.2) is 0 Å². The Hall–Kier alpha value is -2.88. The molecule has 0 aliphatic heterocycles. The Labute approximate surface area is 141 Å². The summed E-state index contributed by atoms with van der Waals surface area (Å²) in [6.07, 6.45) is 0. The van der Waals surface area contributed by atoms with Crippen LogP contribution in [0.5, 0.6) is 0 Å². The quantitative estimate of drug-likeness (QED) is 0.643. The third-order valence-corrected chi connectivity index (χ3v) is 4.83. The highest BCUT2D eigenvalue weighted by Gasteiger charge is 2.26. The summed E-state index contributed by atoms with van der Waals surface area (Å²) >= 11 is 0. The zero-order valence-electron chi connectivity index (χ0n) is 12.8. The van der Waals surface area contributed by atoms with Gasteiger partial charge < -0.3 is 5.32 Å². The molecule has 0 spiro atoms. The van der Waals surface area contributed by atoms with Gasteiger partial charge in [-0.2, -0.15) is 8.78 Å². The minimum Gasteiger partial charge on any atom is -0.321 e. The van der Waals surface area contributed by atoms with Crippen molar-refractivity contribution >= 4 is 27.1 Å². The van der Waals surface area contributed by atoms with Crippen LogP contribution in [0.3, 0.4) is 0 Å². The normalized spacial score (nSPS) is 11.4. The van der Waals surface area contributed by atoms with Crippen molar-refractivity contribution in [3.05, 3.63) is 63.7 Å². The molecule has 0 aromatic heterocycles. The van der Waals surface area contributed by atoms with Gasteiger partial charge in [0.25, 0.3) is 11.6 Å². The van der Waals surface area contributed by atoms with Crippen molar-refractivity contribution in [3.8, 4) is 0 Å². The summed E-state index contributed by atoms with van der Waals surface area (Å²) in [4.78, 5) is 21.9. The number of benzene rings is 2. The van der Waals surface area contributed by atoms with E-state index in [1.54, 1.807) is 0 Å². The second-order valence-electron chi connectivity index (χ2n) is 4.99. The number of hydrogen-bond donors (Lipinski definition) is 1. The van der Waals surface area contributed by atoms with Gasteiger partial charge in [0.1, 0.15) is 0 Å². The Morgan fingerprint density at radius 1 is 1.16 bits per heavy atom. The number of carbonyl (C=O) groups excluding carboxylic acids is 1. The van der Waals surface area contributed by atoms with Crippen LogP contribution in [-0.2, 0) is 9.84 Å². The lowest BCUT2D eigenvalue weighted by atomic mass is 10.1. The Bertz CT molecular complexity index is 927. The fourth-order valence-electron chi connectivity index (χ4n) is 2.05. The molecule has 2 aromatic rings. The summed E-state index contributed by atoms with van der Waals surface area (Å²) < 4.78 is 47.6. The van der Waals surface area contributed by atoms with E-state index in [4.69, 9.17) is 0 Å². The number of sulfone groups is 1. The Morgan fingerprint density at radius 3 is 2.28 bits per heavy atom. The predicted octanol–water partition coefficient (Wildman–Crippen LogP) is 3.15. The molecule has 0 aliphatic rings. The van der Waals surface area contributed by atoms with Gasteiger partial charge in [-0.05, 0) is 37.3 Å². The molecule has 0 aliphatic carbocycles. The molecule has 0 bridgehead atoms. The lowest BCUT2D eigenvalue weighted by molar-refractivity contribution is -0.385. The number of alkyl halides is 2. The first-order chi connectivity index (χ1) is 11.6. The second-order valence-corrected chi connectivity index (χ2v) is 6.91. The number of carbonyl (C=O) groups is 1. The molecule has 0 fully saturated rings. The highest BCUT2D eigenvalue weighted by molar-refractivity contribution is 7.91. The lowest BCUT2D eigenvalue weighted by Gasteiger charge is -2.09. The van der Waals surface area contributed by atoms with E-state index in [-0.39, 0.29) is 22.5 Å². The third kappa shape index (κ3) is 3.79. The fourth-order valence-corrected chi connectivity index (χ4v) is 2.77. The second kappa shape index (κ2) is 6.93. The largest absolute Gasteiger partial charge is 0.341 e. The van der Waals surface area contributed by atoms with Gasteiger partial charge >= 0.3 is 5.76 Å². The maximum atomic E-state index is 12.5. The first kappa shape index (κ1) is 18.5. The zero-order chi connectivity index (χ0) is 18.8. The molecule has 10 heteroatoms. The van der Waals surface area contributed by atoms with Crippen LogP contribution in [-0.4, -0.2) is 25.0 Å². The van der Waals surface area contributed by atoms with Crippen LogP contribution < -0.4 is 5.32 Å². The zero-order valence-corrected chi connectivity index (χ0v) is 13.6. The molecule has 2 aromatic carbocycles. The van der Waals surface area contributed by atoms with Crippen LogP contribution >= 0.6 is 0 Å². The number of amides is 1. The topological polar surface area (TPSA) is 106 Å². The van der Waals surface area contributed by atoms with Crippen LogP contribution in [0.2, 0.25) is 0 Å². The Morgan fingerprint density at radius 2 is 1.76 bits per heavy atom. The third-order valence-electron chi connectivity index (χ3n) is 3.43. The average molecular weight is 370 g/mol. The van der Waals surface area contributed by atoms with Crippen molar-refractivity contribution < 1.29 is 26.9 Å². The van der Waals surface area contributed by atoms with Gasteiger partial charge in [0.2, 0.25) is 9.84 Å². The number of hydrogen-bond acceptors (Lipinski definition) is 5. The minimum atomic E-state index is -4.74. The van der Waals surface area contributed by atoms with E-state index < -0.39 is 31.3 Å². The molecule has 0 saturated carbocycles. The maximum absolute atomic E-state index is 12.5. The number of nitrogens with one attached hydrogen (secondary N) is 1. The van der Waals surface area contributed by atoms with E-state index in [1.165, 1.54) is 25.1 Å². The van der Waals surface area contributed by atoms with Gasteiger partial charge in [0.05, 0.1) is 21.1 Å². The fraction of sp³-hybridized carbons (Fsp3) is 0.133. The van der Waals surface area contributed by atoms with Crippen molar-refractivity contribution in [1.29, 1.82) is 0 Å². The molecule has 132 valence electrons. The van der Waals surface area contributed by atoms with Gasteiger partial charge in [-0.1, -0.05) is 6.07 Å². The number of rotatable bonds is 5. The van der Waals surface area contributed by atoms with E-state index in [0.717, 1.165) is 24.3 Å². The average Bonchev–Trinajstić information content (AvgIpc) is 2.56. The Balaban J connectivity index is 2.26. The molecule has 1 amide bonds. The molecule has 1 N–H and O–H groups in total. The summed E-state index contributed by atoms with van der Waals surface area (Å²) in [5.74, 6) is -4.22. The number of anilines is 1. The molecular formula is C15H12F2N2O5S. The van der Waals surface area contributed by atoms with Crippen molar-refractivity contribution in [2.45, 2.75) is 17.6 Å². The Kier molecular flexibility index (Phi) is 5.12. The van der Waals surface area contributed by atoms with Crippen molar-refractivity contribution in [2.75, 3.05) is 5.32 Å². The lowest BCUT2D eigenvalue weighted by Crippen LogP contribution is -2.14. The maximum Gasteiger partial charge on any atom is 0.341 e. The van der Waals surface area contributed by atoms with Gasteiger partial charge in [0, 0.05) is 11.6 Å². The monoisotopic (exact) mass is 370 g/mol. The molecule has 0 atom stereocenters. The summed E-state index contributed by atoms with van der Waals surface area (Å²) in [7, 11) is -4.74. The van der Waals surface area contributed by atoms with Crippen molar-refractivity contribution in [3.63, 3.8) is 0 Å². The van der Waals surface area contributed by atoms with Crippen molar-refractivity contribution in [1.82, 2.24) is 0 Å². The van der Waals surface area contributed by atoms with E-state index in [2.05, 4.69) is 5.32 Å². The van der Waals surface area contributed by atoms with Crippen LogP contribution in [0.25, 0.3) is 0 Å². The van der Waals surface area contributed by atoms with E-state index in [1.807, 2.05) is 0 Å². The summed E-state index contributed by atoms with van der Waals surface area (Å²) in [5, 5.41) is 13.4. The summed E-state index contributed by atoms with van der Waals surface area (Å²) in [6.45, 7) is 1.46. The summed E-state index contributed by atoms with van der Waals surface area (Å²) in [6, 6.07) is 8.12. The van der Waals surface area contributed by atoms with Crippen LogP contribution in [0.15, 0.2) is 47.4 Å². The highest BCUT2D eigenvalue weighted by atomic mass is 32.2. The number of nitrogens with zero attached hydrogens (tertiary/aromatic N) is 1. The van der Waals surface area contributed by atoms with Crippen LogP contribution in [0.4, 0.5) is 20.2 Å². The van der Waals surface area contributed by atoms with Gasteiger partial charge in [-0.15, -0.1) is 0 Å². The number of halogens is 2. The molecule has 2 rings (SSSR count). The minimum absolute atomic E-state index is 0.0131.